The molecule has 3 aromatic rings. The van der Waals surface area contributed by atoms with Crippen molar-refractivity contribution >= 4 is 17.6 Å². The Balaban J connectivity index is 1.26. The van der Waals surface area contributed by atoms with E-state index in [4.69, 9.17) is 0 Å². The second kappa shape index (κ2) is 8.55. The largest absolute Gasteiger partial charge is 0.352 e. The van der Waals surface area contributed by atoms with E-state index in [1.165, 1.54) is 0 Å². The Morgan fingerprint density at radius 1 is 0.828 bits per heavy atom. The first-order chi connectivity index (χ1) is 14.2. The minimum absolute atomic E-state index is 0.000892. The Bertz CT molecular complexity index is 949. The number of piperazine rings is 1. The lowest BCUT2D eigenvalue weighted by Crippen LogP contribution is -2.51. The van der Waals surface area contributed by atoms with Crippen molar-refractivity contribution in [1.82, 2.24) is 25.0 Å². The second-order valence-corrected chi connectivity index (χ2v) is 6.76. The molecule has 0 spiro atoms. The Labute approximate surface area is 168 Å². The van der Waals surface area contributed by atoms with Crippen molar-refractivity contribution in [3.8, 4) is 5.82 Å². The van der Waals surface area contributed by atoms with Crippen LogP contribution < -0.4 is 10.2 Å². The molecule has 29 heavy (non-hydrogen) atoms. The van der Waals surface area contributed by atoms with Gasteiger partial charge < -0.3 is 19.7 Å². The van der Waals surface area contributed by atoms with Gasteiger partial charge in [-0.1, -0.05) is 18.2 Å². The molecule has 148 valence electrons. The lowest BCUT2D eigenvalue weighted by Gasteiger charge is -2.35. The molecular weight excluding hydrogens is 368 g/mol. The number of nitrogens with one attached hydrogen (secondary N) is 1. The van der Waals surface area contributed by atoms with Crippen molar-refractivity contribution in [3.63, 3.8) is 0 Å². The summed E-state index contributed by atoms with van der Waals surface area (Å²) in [5, 5.41) is 11.3. The van der Waals surface area contributed by atoms with E-state index in [1.807, 2.05) is 47.3 Å². The summed E-state index contributed by atoms with van der Waals surface area (Å²) in [6, 6.07) is 16.6. The van der Waals surface area contributed by atoms with Gasteiger partial charge in [0.25, 0.3) is 5.91 Å². The Morgan fingerprint density at radius 2 is 1.48 bits per heavy atom. The van der Waals surface area contributed by atoms with Crippen molar-refractivity contribution in [2.45, 2.75) is 0 Å². The molecule has 0 unspecified atom stereocenters. The monoisotopic (exact) mass is 390 g/mol. The molecule has 1 aromatic carbocycles. The standard InChI is InChI=1S/C21H22N6O2/c28-20(16-22-21(29)17-6-2-1-3-7-17)27-14-12-26(13-15-27)19-9-8-18(23-24-19)25-10-4-5-11-25/h1-11H,12-16H2,(H,22,29). The van der Waals surface area contributed by atoms with Crippen LogP contribution in [-0.4, -0.2) is 64.2 Å². The van der Waals surface area contributed by atoms with Gasteiger partial charge in [-0.25, -0.2) is 0 Å². The fourth-order valence-electron chi connectivity index (χ4n) is 3.26. The number of hydrogen-bond donors (Lipinski definition) is 1. The normalized spacial score (nSPS) is 13.9. The number of carbonyl (C=O) groups excluding carboxylic acids is 2. The van der Waals surface area contributed by atoms with E-state index >= 15 is 0 Å². The highest BCUT2D eigenvalue weighted by Crippen LogP contribution is 2.14. The number of aromatic nitrogens is 3. The van der Waals surface area contributed by atoms with Crippen LogP contribution in [0.25, 0.3) is 5.82 Å². The summed E-state index contributed by atoms with van der Waals surface area (Å²) >= 11 is 0. The summed E-state index contributed by atoms with van der Waals surface area (Å²) < 4.78 is 1.90. The van der Waals surface area contributed by atoms with Crippen LogP contribution in [0.3, 0.4) is 0 Å². The summed E-state index contributed by atoms with van der Waals surface area (Å²) in [6.45, 7) is 2.52. The van der Waals surface area contributed by atoms with E-state index < -0.39 is 0 Å². The van der Waals surface area contributed by atoms with Crippen molar-refractivity contribution in [2.75, 3.05) is 37.6 Å². The zero-order valence-electron chi connectivity index (χ0n) is 15.9. The number of hydrogen-bond acceptors (Lipinski definition) is 5. The molecule has 8 heteroatoms. The highest BCUT2D eigenvalue weighted by atomic mass is 16.2. The number of nitrogens with zero attached hydrogens (tertiary/aromatic N) is 5. The molecule has 8 nitrogen and oxygen atoms in total. The molecule has 0 bridgehead atoms. The van der Waals surface area contributed by atoms with Gasteiger partial charge in [-0.2, -0.15) is 0 Å². The maximum Gasteiger partial charge on any atom is 0.251 e. The topological polar surface area (TPSA) is 83.4 Å². The zero-order chi connectivity index (χ0) is 20.1. The molecule has 1 aliphatic rings. The number of anilines is 1. The fraction of sp³-hybridized carbons (Fsp3) is 0.238. The fourth-order valence-corrected chi connectivity index (χ4v) is 3.26. The second-order valence-electron chi connectivity index (χ2n) is 6.76. The van der Waals surface area contributed by atoms with E-state index in [9.17, 15) is 9.59 Å². The van der Waals surface area contributed by atoms with Gasteiger partial charge in [-0.05, 0) is 36.4 Å². The molecule has 2 amide bonds. The van der Waals surface area contributed by atoms with E-state index in [-0.39, 0.29) is 18.4 Å². The zero-order valence-corrected chi connectivity index (χ0v) is 15.9. The van der Waals surface area contributed by atoms with Crippen molar-refractivity contribution in [3.05, 3.63) is 72.6 Å². The Kier molecular flexibility index (Phi) is 5.51. The molecule has 0 aliphatic carbocycles. The summed E-state index contributed by atoms with van der Waals surface area (Å²) in [7, 11) is 0. The van der Waals surface area contributed by atoms with Crippen LogP contribution in [-0.2, 0) is 4.79 Å². The molecule has 0 saturated carbocycles. The molecule has 0 radical (unpaired) electrons. The van der Waals surface area contributed by atoms with E-state index in [0.29, 0.717) is 31.7 Å². The third kappa shape index (κ3) is 4.43. The molecular formula is C21H22N6O2. The molecule has 4 rings (SSSR count). The SMILES string of the molecule is O=C(NCC(=O)N1CCN(c2ccc(-n3cccc3)nn2)CC1)c1ccccc1. The average molecular weight is 390 g/mol. The Morgan fingerprint density at radius 3 is 2.14 bits per heavy atom. The predicted molar refractivity (Wildman–Crippen MR) is 109 cm³/mol. The van der Waals surface area contributed by atoms with Gasteiger partial charge in [-0.15, -0.1) is 10.2 Å². The van der Waals surface area contributed by atoms with Crippen LogP contribution in [0.2, 0.25) is 0 Å². The quantitative estimate of drug-likeness (QED) is 0.711. The highest BCUT2D eigenvalue weighted by molar-refractivity contribution is 5.96. The molecule has 2 aromatic heterocycles. The highest BCUT2D eigenvalue weighted by Gasteiger charge is 2.22. The predicted octanol–water partition coefficient (Wildman–Crippen LogP) is 1.35. The van der Waals surface area contributed by atoms with E-state index in [0.717, 1.165) is 11.6 Å². The van der Waals surface area contributed by atoms with Crippen molar-refractivity contribution in [2.24, 2.45) is 0 Å². The summed E-state index contributed by atoms with van der Waals surface area (Å²) in [6.07, 6.45) is 3.84. The minimum atomic E-state index is -0.240. The van der Waals surface area contributed by atoms with Crippen molar-refractivity contribution in [1.29, 1.82) is 0 Å². The van der Waals surface area contributed by atoms with Crippen LogP contribution in [0.1, 0.15) is 10.4 Å². The Hall–Kier alpha value is -3.68. The van der Waals surface area contributed by atoms with Crippen LogP contribution in [0.15, 0.2) is 67.0 Å². The van der Waals surface area contributed by atoms with Gasteiger partial charge in [0.05, 0.1) is 6.54 Å². The molecule has 1 saturated heterocycles. The summed E-state index contributed by atoms with van der Waals surface area (Å²) in [5.74, 6) is 1.24. The number of benzene rings is 1. The maximum absolute atomic E-state index is 12.4. The number of rotatable bonds is 5. The third-order valence-corrected chi connectivity index (χ3v) is 4.90. The van der Waals surface area contributed by atoms with Crippen LogP contribution in [0, 0.1) is 0 Å². The van der Waals surface area contributed by atoms with E-state index in [1.54, 1.807) is 29.2 Å². The van der Waals surface area contributed by atoms with Gasteiger partial charge in [0.2, 0.25) is 5.91 Å². The molecule has 1 N–H and O–H groups in total. The molecule has 1 aliphatic heterocycles. The first-order valence-electron chi connectivity index (χ1n) is 9.54. The van der Waals surface area contributed by atoms with Gasteiger partial charge in [0.1, 0.15) is 0 Å². The molecule has 1 fully saturated rings. The van der Waals surface area contributed by atoms with Crippen LogP contribution >= 0.6 is 0 Å². The lowest BCUT2D eigenvalue weighted by molar-refractivity contribution is -0.130. The van der Waals surface area contributed by atoms with Gasteiger partial charge in [0.15, 0.2) is 11.6 Å². The number of carbonyl (C=O) groups is 2. The third-order valence-electron chi connectivity index (χ3n) is 4.90. The summed E-state index contributed by atoms with van der Waals surface area (Å²) in [5.41, 5.74) is 0.548. The summed E-state index contributed by atoms with van der Waals surface area (Å²) in [4.78, 5) is 28.4. The van der Waals surface area contributed by atoms with E-state index in [2.05, 4.69) is 20.4 Å². The van der Waals surface area contributed by atoms with Gasteiger partial charge in [-0.3, -0.25) is 9.59 Å². The van der Waals surface area contributed by atoms with Crippen molar-refractivity contribution < 1.29 is 9.59 Å². The first kappa shape index (κ1) is 18.7. The van der Waals surface area contributed by atoms with Gasteiger partial charge in [0, 0.05) is 44.1 Å². The molecule has 3 heterocycles. The first-order valence-corrected chi connectivity index (χ1v) is 9.54. The van der Waals surface area contributed by atoms with Crippen LogP contribution in [0.5, 0.6) is 0 Å². The van der Waals surface area contributed by atoms with Crippen LogP contribution in [0.4, 0.5) is 5.82 Å². The maximum atomic E-state index is 12.4. The lowest BCUT2D eigenvalue weighted by atomic mass is 10.2. The van der Waals surface area contributed by atoms with Gasteiger partial charge >= 0.3 is 0 Å². The average Bonchev–Trinajstić information content (AvgIpc) is 3.33. The number of amides is 2. The molecule has 0 atom stereocenters. The smallest absolute Gasteiger partial charge is 0.251 e. The minimum Gasteiger partial charge on any atom is -0.352 e.